The van der Waals surface area contributed by atoms with Crippen molar-refractivity contribution < 1.29 is 4.74 Å². The van der Waals surface area contributed by atoms with Gasteiger partial charge in [-0.2, -0.15) is 4.80 Å². The van der Waals surface area contributed by atoms with Crippen molar-refractivity contribution in [3.63, 3.8) is 0 Å². The summed E-state index contributed by atoms with van der Waals surface area (Å²) in [5.74, 6) is 0.834. The number of hydrogen-bond acceptors (Lipinski definition) is 4. The van der Waals surface area contributed by atoms with E-state index in [2.05, 4.69) is 26.1 Å². The number of halogens is 1. The van der Waals surface area contributed by atoms with E-state index in [4.69, 9.17) is 10.5 Å². The van der Waals surface area contributed by atoms with E-state index in [1.807, 2.05) is 44.2 Å². The summed E-state index contributed by atoms with van der Waals surface area (Å²) in [6.45, 7) is 4.55. The average molecular weight is 347 g/mol. The van der Waals surface area contributed by atoms with Crippen LogP contribution in [0.4, 0.5) is 5.69 Å². The molecule has 1 aromatic heterocycles. The second kappa shape index (κ2) is 5.37. The van der Waals surface area contributed by atoms with E-state index >= 15 is 0 Å². The molecule has 21 heavy (non-hydrogen) atoms. The molecule has 0 saturated carbocycles. The Labute approximate surface area is 130 Å². The molecular formula is C15H15BrN4O. The molecule has 0 atom stereocenters. The number of aromatic nitrogens is 3. The molecule has 0 aliphatic rings. The summed E-state index contributed by atoms with van der Waals surface area (Å²) in [6.07, 6.45) is 0. The van der Waals surface area contributed by atoms with Gasteiger partial charge < -0.3 is 10.5 Å². The Hall–Kier alpha value is -2.08. The van der Waals surface area contributed by atoms with Crippen molar-refractivity contribution in [2.45, 2.75) is 13.8 Å². The molecule has 2 N–H and O–H groups in total. The monoisotopic (exact) mass is 346 g/mol. The summed E-state index contributed by atoms with van der Waals surface area (Å²) in [4.78, 5) is 1.61. The zero-order valence-corrected chi connectivity index (χ0v) is 13.4. The molecule has 5 nitrogen and oxygen atoms in total. The third kappa shape index (κ3) is 2.47. The standard InChI is InChI=1S/C15H15BrN4O/c1-3-21-11-6-4-10(5-7-11)20-18-13-8-12(16)14(17)9(2)15(13)19-20/h4-8H,3,17H2,1-2H3. The highest BCUT2D eigenvalue weighted by Gasteiger charge is 2.12. The van der Waals surface area contributed by atoms with Crippen molar-refractivity contribution in [1.82, 2.24) is 15.0 Å². The normalized spacial score (nSPS) is 11.0. The summed E-state index contributed by atoms with van der Waals surface area (Å²) < 4.78 is 6.27. The Morgan fingerprint density at radius 2 is 1.95 bits per heavy atom. The minimum absolute atomic E-state index is 0.649. The molecule has 0 amide bonds. The van der Waals surface area contributed by atoms with E-state index in [9.17, 15) is 0 Å². The van der Waals surface area contributed by atoms with Crippen LogP contribution >= 0.6 is 15.9 Å². The lowest BCUT2D eigenvalue weighted by Gasteiger charge is -2.03. The fourth-order valence-electron chi connectivity index (χ4n) is 2.14. The molecule has 0 bridgehead atoms. The Balaban J connectivity index is 2.06. The lowest BCUT2D eigenvalue weighted by atomic mass is 10.2. The van der Waals surface area contributed by atoms with Crippen molar-refractivity contribution in [2.24, 2.45) is 0 Å². The number of nitrogens with zero attached hydrogens (tertiary/aromatic N) is 3. The lowest BCUT2D eigenvalue weighted by molar-refractivity contribution is 0.340. The van der Waals surface area contributed by atoms with Crippen LogP contribution in [0, 0.1) is 6.92 Å². The van der Waals surface area contributed by atoms with Gasteiger partial charge in [0.2, 0.25) is 0 Å². The number of anilines is 1. The summed E-state index contributed by atoms with van der Waals surface area (Å²) >= 11 is 3.44. The van der Waals surface area contributed by atoms with Crippen LogP contribution in [-0.4, -0.2) is 21.6 Å². The number of fused-ring (bicyclic) bond motifs is 1. The number of hydrogen-bond donors (Lipinski definition) is 1. The maximum absolute atomic E-state index is 6.01. The molecule has 108 valence electrons. The zero-order valence-electron chi connectivity index (χ0n) is 11.8. The van der Waals surface area contributed by atoms with Gasteiger partial charge in [0, 0.05) is 10.0 Å². The maximum Gasteiger partial charge on any atom is 0.119 e. The van der Waals surface area contributed by atoms with Gasteiger partial charge in [0.15, 0.2) is 0 Å². The predicted octanol–water partition coefficient (Wildman–Crippen LogP) is 3.47. The molecule has 0 saturated heterocycles. The number of rotatable bonds is 3. The molecule has 3 rings (SSSR count). The van der Waals surface area contributed by atoms with E-state index in [1.165, 1.54) is 0 Å². The van der Waals surface area contributed by atoms with Crippen LogP contribution in [0.1, 0.15) is 12.5 Å². The molecule has 0 aliphatic carbocycles. The van der Waals surface area contributed by atoms with Crippen LogP contribution in [-0.2, 0) is 0 Å². The van der Waals surface area contributed by atoms with E-state index in [-0.39, 0.29) is 0 Å². The van der Waals surface area contributed by atoms with Gasteiger partial charge in [0.25, 0.3) is 0 Å². The van der Waals surface area contributed by atoms with Gasteiger partial charge in [-0.05, 0) is 60.1 Å². The maximum atomic E-state index is 6.01. The van der Waals surface area contributed by atoms with Crippen LogP contribution in [0.5, 0.6) is 5.75 Å². The first-order valence-electron chi connectivity index (χ1n) is 6.65. The minimum atomic E-state index is 0.649. The first-order valence-corrected chi connectivity index (χ1v) is 7.44. The van der Waals surface area contributed by atoms with E-state index in [1.54, 1.807) is 4.80 Å². The van der Waals surface area contributed by atoms with Crippen molar-refractivity contribution >= 4 is 32.7 Å². The van der Waals surface area contributed by atoms with Gasteiger partial charge in [-0.3, -0.25) is 0 Å². The fourth-order valence-corrected chi connectivity index (χ4v) is 2.66. The third-order valence-corrected chi connectivity index (χ3v) is 3.95. The summed E-state index contributed by atoms with van der Waals surface area (Å²) in [7, 11) is 0. The molecule has 1 heterocycles. The SMILES string of the molecule is CCOc1ccc(-n2nc3cc(Br)c(N)c(C)c3n2)cc1. The van der Waals surface area contributed by atoms with Gasteiger partial charge in [-0.15, -0.1) is 10.2 Å². The number of ether oxygens (including phenoxy) is 1. The second-order valence-electron chi connectivity index (χ2n) is 4.68. The first kappa shape index (κ1) is 13.9. The molecule has 0 fully saturated rings. The minimum Gasteiger partial charge on any atom is -0.494 e. The largest absolute Gasteiger partial charge is 0.494 e. The van der Waals surface area contributed by atoms with Crippen LogP contribution in [0.2, 0.25) is 0 Å². The molecule has 0 spiro atoms. The Morgan fingerprint density at radius 3 is 2.62 bits per heavy atom. The molecule has 0 unspecified atom stereocenters. The highest BCUT2D eigenvalue weighted by molar-refractivity contribution is 9.10. The molecule has 2 aromatic carbocycles. The quantitative estimate of drug-likeness (QED) is 0.737. The number of benzene rings is 2. The summed E-state index contributed by atoms with van der Waals surface area (Å²) in [6, 6.07) is 9.55. The van der Waals surface area contributed by atoms with Crippen LogP contribution in [0.25, 0.3) is 16.7 Å². The van der Waals surface area contributed by atoms with Gasteiger partial charge in [-0.1, -0.05) is 0 Å². The zero-order chi connectivity index (χ0) is 15.0. The van der Waals surface area contributed by atoms with Crippen molar-refractivity contribution in [1.29, 1.82) is 0 Å². The molecule has 3 aromatic rings. The molecule has 6 heteroatoms. The number of nitrogen functional groups attached to an aromatic ring is 1. The highest BCUT2D eigenvalue weighted by atomic mass is 79.9. The van der Waals surface area contributed by atoms with Crippen molar-refractivity contribution in [3.05, 3.63) is 40.4 Å². The Kier molecular flexibility index (Phi) is 3.55. The first-order chi connectivity index (χ1) is 10.1. The smallest absolute Gasteiger partial charge is 0.119 e. The fraction of sp³-hybridized carbons (Fsp3) is 0.200. The molecule has 0 radical (unpaired) electrons. The summed E-state index contributed by atoms with van der Waals surface area (Å²) in [5.41, 5.74) is 10.1. The number of nitrogens with two attached hydrogens (primary N) is 1. The predicted molar refractivity (Wildman–Crippen MR) is 86.9 cm³/mol. The molecule has 0 aliphatic heterocycles. The van der Waals surface area contributed by atoms with Crippen LogP contribution in [0.3, 0.4) is 0 Å². The number of aryl methyl sites for hydroxylation is 1. The van der Waals surface area contributed by atoms with E-state index < -0.39 is 0 Å². The average Bonchev–Trinajstić information content (AvgIpc) is 2.90. The van der Waals surface area contributed by atoms with E-state index in [0.29, 0.717) is 12.3 Å². The van der Waals surface area contributed by atoms with Crippen molar-refractivity contribution in [2.75, 3.05) is 12.3 Å². The van der Waals surface area contributed by atoms with Crippen LogP contribution in [0.15, 0.2) is 34.8 Å². The van der Waals surface area contributed by atoms with Crippen molar-refractivity contribution in [3.8, 4) is 11.4 Å². The topological polar surface area (TPSA) is 66.0 Å². The third-order valence-electron chi connectivity index (χ3n) is 3.30. The van der Waals surface area contributed by atoms with E-state index in [0.717, 1.165) is 32.5 Å². The van der Waals surface area contributed by atoms with Gasteiger partial charge in [-0.25, -0.2) is 0 Å². The second-order valence-corrected chi connectivity index (χ2v) is 5.54. The molecular weight excluding hydrogens is 332 g/mol. The van der Waals surface area contributed by atoms with Gasteiger partial charge >= 0.3 is 0 Å². The van der Waals surface area contributed by atoms with Gasteiger partial charge in [0.1, 0.15) is 16.8 Å². The lowest BCUT2D eigenvalue weighted by Crippen LogP contribution is -1.99. The Morgan fingerprint density at radius 1 is 1.24 bits per heavy atom. The Bertz CT molecular complexity index is 796. The highest BCUT2D eigenvalue weighted by Crippen LogP contribution is 2.29. The summed E-state index contributed by atoms with van der Waals surface area (Å²) in [5, 5.41) is 9.02. The van der Waals surface area contributed by atoms with Crippen LogP contribution < -0.4 is 10.5 Å². The van der Waals surface area contributed by atoms with Gasteiger partial charge in [0.05, 0.1) is 18.0 Å².